The number of rotatable bonds is 5. The average molecular weight is 286 g/mol. The molecule has 2 nitrogen and oxygen atoms in total. The molecule has 0 aliphatic rings. The monoisotopic (exact) mass is 285 g/mol. The van der Waals surface area contributed by atoms with Gasteiger partial charge in [0.15, 0.2) is 0 Å². The van der Waals surface area contributed by atoms with Gasteiger partial charge >= 0.3 is 0 Å². The fourth-order valence-electron chi connectivity index (χ4n) is 1.76. The minimum absolute atomic E-state index is 0.344. The third-order valence-corrected chi connectivity index (χ3v) is 3.52. The molecule has 90 valence electrons. The van der Waals surface area contributed by atoms with Gasteiger partial charge in [0.2, 0.25) is 0 Å². The first-order valence-electron chi connectivity index (χ1n) is 5.55. The van der Waals surface area contributed by atoms with Crippen LogP contribution in [0.2, 0.25) is 0 Å². The van der Waals surface area contributed by atoms with Gasteiger partial charge in [-0.1, -0.05) is 28.1 Å². The Kier molecular flexibility index (Phi) is 5.46. The molecule has 2 atom stereocenters. The molecule has 1 aromatic carbocycles. The maximum absolute atomic E-state index is 5.11. The Balaban J connectivity index is 2.65. The summed E-state index contributed by atoms with van der Waals surface area (Å²) >= 11 is 3.51. The first-order chi connectivity index (χ1) is 7.54. The summed E-state index contributed by atoms with van der Waals surface area (Å²) in [5, 5.41) is 3.50. The first-order valence-corrected chi connectivity index (χ1v) is 6.35. The quantitative estimate of drug-likeness (QED) is 0.895. The molecule has 2 unspecified atom stereocenters. The Morgan fingerprint density at radius 2 is 2.06 bits per heavy atom. The maximum atomic E-state index is 5.11. The average Bonchev–Trinajstić information content (AvgIpc) is 2.22. The lowest BCUT2D eigenvalue weighted by Crippen LogP contribution is -2.32. The fraction of sp³-hybridized carbons (Fsp3) is 0.538. The Hall–Kier alpha value is -0.380. The van der Waals surface area contributed by atoms with Crippen LogP contribution in [0, 0.1) is 6.92 Å². The lowest BCUT2D eigenvalue weighted by atomic mass is 10.1. The molecule has 16 heavy (non-hydrogen) atoms. The van der Waals surface area contributed by atoms with Crippen LogP contribution in [0.4, 0.5) is 0 Å². The van der Waals surface area contributed by atoms with Gasteiger partial charge < -0.3 is 10.1 Å². The molecular weight excluding hydrogens is 266 g/mol. The van der Waals surface area contributed by atoms with Crippen LogP contribution in [0.5, 0.6) is 0 Å². The highest BCUT2D eigenvalue weighted by Crippen LogP contribution is 2.21. The van der Waals surface area contributed by atoms with E-state index < -0.39 is 0 Å². The molecule has 0 fully saturated rings. The predicted molar refractivity (Wildman–Crippen MR) is 71.8 cm³/mol. The second-order valence-electron chi connectivity index (χ2n) is 4.25. The van der Waals surface area contributed by atoms with Gasteiger partial charge in [-0.15, -0.1) is 0 Å². The number of ether oxygens (including phenoxy) is 1. The van der Waals surface area contributed by atoms with E-state index in [1.165, 1.54) is 11.1 Å². The Bertz CT molecular complexity index is 341. The third kappa shape index (κ3) is 3.89. The summed E-state index contributed by atoms with van der Waals surface area (Å²) in [4.78, 5) is 0. The normalized spacial score (nSPS) is 14.8. The predicted octanol–water partition coefficient (Wildman–Crippen LogP) is 3.44. The zero-order valence-corrected chi connectivity index (χ0v) is 12.0. The van der Waals surface area contributed by atoms with Crippen molar-refractivity contribution < 1.29 is 4.74 Å². The van der Waals surface area contributed by atoms with Gasteiger partial charge in [0.1, 0.15) is 0 Å². The second-order valence-corrected chi connectivity index (χ2v) is 5.11. The maximum Gasteiger partial charge on any atom is 0.0613 e. The van der Waals surface area contributed by atoms with E-state index in [0.29, 0.717) is 12.1 Å². The molecule has 0 bridgehead atoms. The van der Waals surface area contributed by atoms with E-state index in [4.69, 9.17) is 4.74 Å². The molecule has 1 aromatic rings. The minimum atomic E-state index is 0.344. The first kappa shape index (κ1) is 13.7. The number of hydrogen-bond donors (Lipinski definition) is 1. The summed E-state index contributed by atoms with van der Waals surface area (Å²) in [5.74, 6) is 0. The number of nitrogens with one attached hydrogen (secondary N) is 1. The van der Waals surface area contributed by atoms with Crippen LogP contribution in [-0.2, 0) is 4.74 Å². The largest absolute Gasteiger partial charge is 0.383 e. The summed E-state index contributed by atoms with van der Waals surface area (Å²) in [5.41, 5.74) is 2.58. The molecule has 0 saturated heterocycles. The molecule has 3 heteroatoms. The van der Waals surface area contributed by atoms with Crippen molar-refractivity contribution in [2.75, 3.05) is 13.7 Å². The lowest BCUT2D eigenvalue weighted by Gasteiger charge is -2.20. The van der Waals surface area contributed by atoms with E-state index >= 15 is 0 Å². The summed E-state index contributed by atoms with van der Waals surface area (Å²) in [6.07, 6.45) is 0. The van der Waals surface area contributed by atoms with Crippen molar-refractivity contribution in [1.82, 2.24) is 5.32 Å². The Morgan fingerprint density at radius 3 is 2.62 bits per heavy atom. The molecule has 0 saturated carbocycles. The summed E-state index contributed by atoms with van der Waals surface area (Å²) < 4.78 is 6.27. The van der Waals surface area contributed by atoms with Gasteiger partial charge in [0.05, 0.1) is 6.61 Å². The molecule has 0 aromatic heterocycles. The molecular formula is C13H20BrNO. The summed E-state index contributed by atoms with van der Waals surface area (Å²) in [7, 11) is 1.73. The molecule has 0 aliphatic carbocycles. The van der Waals surface area contributed by atoms with Crippen molar-refractivity contribution in [1.29, 1.82) is 0 Å². The molecule has 0 spiro atoms. The fourth-order valence-corrected chi connectivity index (χ4v) is 2.00. The number of benzene rings is 1. The number of methoxy groups -OCH3 is 1. The zero-order valence-electron chi connectivity index (χ0n) is 10.4. The van der Waals surface area contributed by atoms with E-state index in [1.807, 2.05) is 0 Å². The van der Waals surface area contributed by atoms with Crippen molar-refractivity contribution in [2.24, 2.45) is 0 Å². The Labute approximate surface area is 107 Å². The number of aryl methyl sites for hydroxylation is 1. The van der Waals surface area contributed by atoms with E-state index in [9.17, 15) is 0 Å². The van der Waals surface area contributed by atoms with Crippen molar-refractivity contribution in [3.8, 4) is 0 Å². The van der Waals surface area contributed by atoms with Crippen molar-refractivity contribution in [3.05, 3.63) is 33.8 Å². The van der Waals surface area contributed by atoms with Gasteiger partial charge in [0, 0.05) is 23.7 Å². The molecule has 0 heterocycles. The van der Waals surface area contributed by atoms with E-state index in [2.05, 4.69) is 60.2 Å². The molecule has 0 aliphatic heterocycles. The van der Waals surface area contributed by atoms with Crippen LogP contribution >= 0.6 is 15.9 Å². The van der Waals surface area contributed by atoms with Crippen LogP contribution in [0.3, 0.4) is 0 Å². The van der Waals surface area contributed by atoms with E-state index in [1.54, 1.807) is 7.11 Å². The summed E-state index contributed by atoms with van der Waals surface area (Å²) in [6, 6.07) is 7.17. The SMILES string of the molecule is COCC(C)NC(C)c1ccc(Br)c(C)c1. The van der Waals surface area contributed by atoms with Crippen LogP contribution in [-0.4, -0.2) is 19.8 Å². The third-order valence-electron chi connectivity index (χ3n) is 2.63. The van der Waals surface area contributed by atoms with Crippen molar-refractivity contribution >= 4 is 15.9 Å². The van der Waals surface area contributed by atoms with Gasteiger partial charge in [-0.2, -0.15) is 0 Å². The molecule has 0 radical (unpaired) electrons. The number of halogens is 1. The molecule has 1 N–H and O–H groups in total. The number of hydrogen-bond acceptors (Lipinski definition) is 2. The highest BCUT2D eigenvalue weighted by Gasteiger charge is 2.09. The van der Waals surface area contributed by atoms with Crippen LogP contribution in [0.1, 0.15) is 31.0 Å². The highest BCUT2D eigenvalue weighted by molar-refractivity contribution is 9.10. The van der Waals surface area contributed by atoms with Crippen molar-refractivity contribution in [3.63, 3.8) is 0 Å². The topological polar surface area (TPSA) is 21.3 Å². The van der Waals surface area contributed by atoms with Crippen LogP contribution in [0.25, 0.3) is 0 Å². The Morgan fingerprint density at radius 1 is 1.38 bits per heavy atom. The zero-order chi connectivity index (χ0) is 12.1. The lowest BCUT2D eigenvalue weighted by molar-refractivity contribution is 0.167. The molecule has 0 amide bonds. The second kappa shape index (κ2) is 6.38. The molecule has 1 rings (SSSR count). The van der Waals surface area contributed by atoms with Gasteiger partial charge in [-0.05, 0) is 38.0 Å². The van der Waals surface area contributed by atoms with Gasteiger partial charge in [-0.25, -0.2) is 0 Å². The van der Waals surface area contributed by atoms with Gasteiger partial charge in [-0.3, -0.25) is 0 Å². The standard InChI is InChI=1S/C13H20BrNO/c1-9-7-12(5-6-13(9)14)11(3)15-10(2)8-16-4/h5-7,10-11,15H,8H2,1-4H3. The highest BCUT2D eigenvalue weighted by atomic mass is 79.9. The van der Waals surface area contributed by atoms with Gasteiger partial charge in [0.25, 0.3) is 0 Å². The summed E-state index contributed by atoms with van der Waals surface area (Å²) in [6.45, 7) is 7.15. The van der Waals surface area contributed by atoms with Crippen LogP contribution in [0.15, 0.2) is 22.7 Å². The van der Waals surface area contributed by atoms with Crippen molar-refractivity contribution in [2.45, 2.75) is 32.9 Å². The minimum Gasteiger partial charge on any atom is -0.383 e. The smallest absolute Gasteiger partial charge is 0.0613 e. The van der Waals surface area contributed by atoms with E-state index in [-0.39, 0.29) is 0 Å². The van der Waals surface area contributed by atoms with E-state index in [0.717, 1.165) is 11.1 Å². The van der Waals surface area contributed by atoms with Crippen LogP contribution < -0.4 is 5.32 Å².